The topological polar surface area (TPSA) is 85.8 Å². The molecule has 0 aromatic carbocycles. The molecular formula is C11H13FN2O5S. The van der Waals surface area contributed by atoms with Gasteiger partial charge in [-0.25, -0.2) is 5.06 Å². The monoisotopic (exact) mass is 304 g/mol. The average molecular weight is 304 g/mol. The van der Waals surface area contributed by atoms with Crippen molar-refractivity contribution in [2.75, 3.05) is 13.2 Å². The molecule has 0 unspecified atom stereocenters. The van der Waals surface area contributed by atoms with Crippen LogP contribution in [0.25, 0.3) is 0 Å². The molecule has 110 valence electrons. The zero-order chi connectivity index (χ0) is 14.6. The van der Waals surface area contributed by atoms with Gasteiger partial charge in [0.15, 0.2) is 5.75 Å². The quantitative estimate of drug-likeness (QED) is 0.781. The summed E-state index contributed by atoms with van der Waals surface area (Å²) < 4.78 is 37.2. The Labute approximate surface area is 115 Å². The Morgan fingerprint density at radius 1 is 1.35 bits per heavy atom. The van der Waals surface area contributed by atoms with E-state index in [1.165, 1.54) is 11.3 Å². The Balaban J connectivity index is 2.15. The number of hydrogen-bond donors (Lipinski definition) is 0. The Morgan fingerprint density at radius 2 is 2.15 bits per heavy atom. The van der Waals surface area contributed by atoms with Crippen LogP contribution in [0.2, 0.25) is 0 Å². The van der Waals surface area contributed by atoms with Crippen LogP contribution in [-0.4, -0.2) is 37.5 Å². The first-order valence-corrected chi connectivity index (χ1v) is 7.30. The molecule has 0 aliphatic carbocycles. The second kappa shape index (κ2) is 6.14. The van der Waals surface area contributed by atoms with E-state index in [2.05, 4.69) is 9.17 Å². The SMILES string of the molecule is O=C(c1cncc(OS(=O)(=O)F)c1)N1CCCCCO1. The van der Waals surface area contributed by atoms with Gasteiger partial charge in [-0.2, -0.15) is 8.42 Å². The summed E-state index contributed by atoms with van der Waals surface area (Å²) in [7, 11) is -5.15. The van der Waals surface area contributed by atoms with Crippen molar-refractivity contribution in [3.63, 3.8) is 0 Å². The first kappa shape index (κ1) is 14.7. The fourth-order valence-electron chi connectivity index (χ4n) is 1.77. The molecule has 20 heavy (non-hydrogen) atoms. The van der Waals surface area contributed by atoms with E-state index in [-0.39, 0.29) is 11.3 Å². The van der Waals surface area contributed by atoms with Gasteiger partial charge < -0.3 is 4.18 Å². The number of pyridine rings is 1. The predicted molar refractivity (Wildman–Crippen MR) is 65.7 cm³/mol. The molecule has 9 heteroatoms. The maximum Gasteiger partial charge on any atom is 0.488 e. The van der Waals surface area contributed by atoms with Gasteiger partial charge in [-0.05, 0) is 25.3 Å². The van der Waals surface area contributed by atoms with Gasteiger partial charge in [-0.1, -0.05) is 3.89 Å². The molecule has 1 aliphatic rings. The van der Waals surface area contributed by atoms with Gasteiger partial charge in [-0.15, -0.1) is 0 Å². The highest BCUT2D eigenvalue weighted by atomic mass is 32.3. The summed E-state index contributed by atoms with van der Waals surface area (Å²) in [6.07, 6.45) is 4.87. The number of halogens is 1. The number of nitrogens with zero attached hydrogens (tertiary/aromatic N) is 2. The fourth-order valence-corrected chi connectivity index (χ4v) is 2.10. The molecule has 1 aromatic rings. The van der Waals surface area contributed by atoms with Gasteiger partial charge in [-0.3, -0.25) is 14.6 Å². The molecule has 0 bridgehead atoms. The molecule has 0 spiro atoms. The van der Waals surface area contributed by atoms with Crippen LogP contribution in [0, 0.1) is 0 Å². The van der Waals surface area contributed by atoms with Gasteiger partial charge in [0.1, 0.15) is 0 Å². The highest BCUT2D eigenvalue weighted by Crippen LogP contribution is 2.17. The fraction of sp³-hybridized carbons (Fsp3) is 0.455. The maximum atomic E-state index is 12.4. The molecule has 1 aromatic heterocycles. The molecule has 0 atom stereocenters. The normalized spacial score (nSPS) is 16.6. The van der Waals surface area contributed by atoms with Crippen molar-refractivity contribution < 1.29 is 26.1 Å². The third-order valence-electron chi connectivity index (χ3n) is 2.64. The lowest BCUT2D eigenvalue weighted by Gasteiger charge is -2.19. The van der Waals surface area contributed by atoms with Crippen molar-refractivity contribution in [2.24, 2.45) is 0 Å². The standard InChI is InChI=1S/C11H13FN2O5S/c12-20(16,17)19-10-6-9(7-13-8-10)11(15)14-4-2-1-3-5-18-14/h6-8H,1-5H2. The minimum Gasteiger partial charge on any atom is -0.357 e. The Kier molecular flexibility index (Phi) is 4.50. The summed E-state index contributed by atoms with van der Waals surface area (Å²) >= 11 is 0. The number of amides is 1. The lowest BCUT2D eigenvalue weighted by Crippen LogP contribution is -2.31. The summed E-state index contributed by atoms with van der Waals surface area (Å²) in [5.41, 5.74) is 0.0630. The van der Waals surface area contributed by atoms with Crippen LogP contribution in [0.15, 0.2) is 18.5 Å². The zero-order valence-electron chi connectivity index (χ0n) is 10.5. The molecule has 1 fully saturated rings. The van der Waals surface area contributed by atoms with E-state index >= 15 is 0 Å². The van der Waals surface area contributed by atoms with Crippen molar-refractivity contribution in [3.8, 4) is 5.75 Å². The average Bonchev–Trinajstić information content (AvgIpc) is 2.65. The molecule has 2 rings (SSSR count). The molecule has 7 nitrogen and oxygen atoms in total. The minimum atomic E-state index is -5.15. The first-order chi connectivity index (χ1) is 9.46. The van der Waals surface area contributed by atoms with Crippen LogP contribution in [0.4, 0.5) is 3.89 Å². The smallest absolute Gasteiger partial charge is 0.357 e. The van der Waals surface area contributed by atoms with E-state index in [9.17, 15) is 17.1 Å². The van der Waals surface area contributed by atoms with Crippen LogP contribution in [0.5, 0.6) is 5.75 Å². The van der Waals surface area contributed by atoms with E-state index in [1.54, 1.807) is 0 Å². The number of rotatable bonds is 3. The van der Waals surface area contributed by atoms with E-state index in [0.29, 0.717) is 13.2 Å². The molecule has 0 radical (unpaired) electrons. The summed E-state index contributed by atoms with van der Waals surface area (Å²) in [6.45, 7) is 0.875. The lowest BCUT2D eigenvalue weighted by atomic mass is 10.2. The van der Waals surface area contributed by atoms with Gasteiger partial charge in [0.2, 0.25) is 0 Å². The summed E-state index contributed by atoms with van der Waals surface area (Å²) in [5, 5.41) is 1.19. The number of hydroxylamine groups is 2. The van der Waals surface area contributed by atoms with Crippen LogP contribution >= 0.6 is 0 Å². The van der Waals surface area contributed by atoms with Crippen molar-refractivity contribution in [2.45, 2.75) is 19.3 Å². The summed E-state index contributed by atoms with van der Waals surface area (Å²) in [4.78, 5) is 21.1. The van der Waals surface area contributed by atoms with Crippen molar-refractivity contribution in [1.29, 1.82) is 0 Å². The van der Waals surface area contributed by atoms with Crippen molar-refractivity contribution in [1.82, 2.24) is 10.0 Å². The highest BCUT2D eigenvalue weighted by Gasteiger charge is 2.20. The minimum absolute atomic E-state index is 0.0630. The Hall–Kier alpha value is -1.74. The third kappa shape index (κ3) is 4.14. The largest absolute Gasteiger partial charge is 0.488 e. The van der Waals surface area contributed by atoms with E-state index < -0.39 is 16.4 Å². The third-order valence-corrected chi connectivity index (χ3v) is 3.03. The molecular weight excluding hydrogens is 291 g/mol. The number of carbonyl (C=O) groups is 1. The summed E-state index contributed by atoms with van der Waals surface area (Å²) in [6, 6.07) is 1.10. The van der Waals surface area contributed by atoms with Crippen molar-refractivity contribution >= 4 is 16.4 Å². The number of aromatic nitrogens is 1. The second-order valence-electron chi connectivity index (χ2n) is 4.19. The predicted octanol–water partition coefficient (Wildman–Crippen LogP) is 1.23. The first-order valence-electron chi connectivity index (χ1n) is 5.99. The lowest BCUT2D eigenvalue weighted by molar-refractivity contribution is -0.115. The molecule has 1 amide bonds. The highest BCUT2D eigenvalue weighted by molar-refractivity contribution is 7.81. The molecule has 1 saturated heterocycles. The molecule has 0 N–H and O–H groups in total. The van der Waals surface area contributed by atoms with Crippen LogP contribution < -0.4 is 4.18 Å². The second-order valence-corrected chi connectivity index (χ2v) is 5.14. The zero-order valence-corrected chi connectivity index (χ0v) is 11.3. The van der Waals surface area contributed by atoms with Gasteiger partial charge >= 0.3 is 10.5 Å². The van der Waals surface area contributed by atoms with E-state index in [0.717, 1.165) is 31.5 Å². The summed E-state index contributed by atoms with van der Waals surface area (Å²) in [5.74, 6) is -0.839. The maximum absolute atomic E-state index is 12.4. The van der Waals surface area contributed by atoms with Gasteiger partial charge in [0, 0.05) is 12.7 Å². The molecule has 2 heterocycles. The van der Waals surface area contributed by atoms with Crippen LogP contribution in [-0.2, 0) is 15.3 Å². The number of hydrogen-bond acceptors (Lipinski definition) is 6. The Morgan fingerprint density at radius 3 is 2.90 bits per heavy atom. The Bertz CT molecular complexity index is 584. The van der Waals surface area contributed by atoms with Crippen LogP contribution in [0.1, 0.15) is 29.6 Å². The van der Waals surface area contributed by atoms with Gasteiger partial charge in [0.05, 0.1) is 18.4 Å². The molecule has 0 saturated carbocycles. The molecule has 1 aliphatic heterocycles. The number of carbonyl (C=O) groups excluding carboxylic acids is 1. The van der Waals surface area contributed by atoms with Crippen LogP contribution in [0.3, 0.4) is 0 Å². The van der Waals surface area contributed by atoms with E-state index in [1.807, 2.05) is 0 Å². The van der Waals surface area contributed by atoms with Crippen molar-refractivity contribution in [3.05, 3.63) is 24.0 Å². The van der Waals surface area contributed by atoms with Gasteiger partial charge in [0.25, 0.3) is 5.91 Å². The van der Waals surface area contributed by atoms with E-state index in [4.69, 9.17) is 4.84 Å².